The molecule has 1 unspecified atom stereocenters. The van der Waals surface area contributed by atoms with Crippen LogP contribution in [-0.2, 0) is 0 Å². The lowest BCUT2D eigenvalue weighted by molar-refractivity contribution is 0.709. The Kier molecular flexibility index (Phi) is 2.62. The first kappa shape index (κ1) is 7.94. The molecule has 0 amide bonds. The van der Waals surface area contributed by atoms with Gasteiger partial charge < -0.3 is 5.41 Å². The van der Waals surface area contributed by atoms with Gasteiger partial charge in [-0.15, -0.1) is 9.24 Å². The minimum Gasteiger partial charge on any atom is -0.305 e. The summed E-state index contributed by atoms with van der Waals surface area (Å²) in [6, 6.07) is 0. The van der Waals surface area contributed by atoms with Crippen molar-refractivity contribution in [2.45, 2.75) is 32.6 Å². The first-order valence-electron chi connectivity index (χ1n) is 3.75. The summed E-state index contributed by atoms with van der Waals surface area (Å²) in [5.74, 6) is 0. The molecule has 0 fully saturated rings. The predicted molar refractivity (Wildman–Crippen MR) is 48.6 cm³/mol. The minimum absolute atomic E-state index is 0.754. The van der Waals surface area contributed by atoms with E-state index in [9.17, 15) is 0 Å². The normalized spacial score (nSPS) is 19.4. The van der Waals surface area contributed by atoms with Gasteiger partial charge in [0.1, 0.15) is 0 Å². The van der Waals surface area contributed by atoms with E-state index in [1.165, 1.54) is 30.1 Å². The lowest BCUT2D eigenvalue weighted by Gasteiger charge is -2.15. The summed E-state index contributed by atoms with van der Waals surface area (Å²) in [5, 5.41) is 8.81. The van der Waals surface area contributed by atoms with Crippen LogP contribution in [0.1, 0.15) is 32.6 Å². The number of rotatable bonds is 1. The summed E-state index contributed by atoms with van der Waals surface area (Å²) in [5.41, 5.74) is 2.03. The fourth-order valence-corrected chi connectivity index (χ4v) is 1.92. The van der Waals surface area contributed by atoms with Crippen LogP contribution < -0.4 is 0 Å². The van der Waals surface area contributed by atoms with E-state index in [2.05, 4.69) is 9.24 Å². The highest BCUT2D eigenvalue weighted by Crippen LogP contribution is 2.29. The zero-order valence-electron chi connectivity index (χ0n) is 6.41. The highest BCUT2D eigenvalue weighted by Gasteiger charge is 2.09. The number of nitrogens with one attached hydrogen (secondary N) is 1. The van der Waals surface area contributed by atoms with E-state index in [1.807, 2.05) is 6.92 Å². The third-order valence-electron chi connectivity index (χ3n) is 1.96. The summed E-state index contributed by atoms with van der Waals surface area (Å²) >= 11 is 0. The standard InChI is InChI=1S/C8H14NP/c1-6(9)7-4-2-3-5-8(7)10/h9H,2-5,10H2,1H3. The molecule has 0 aliphatic heterocycles. The first-order valence-corrected chi connectivity index (χ1v) is 4.32. The molecule has 0 heterocycles. The van der Waals surface area contributed by atoms with E-state index >= 15 is 0 Å². The zero-order chi connectivity index (χ0) is 7.56. The van der Waals surface area contributed by atoms with Gasteiger partial charge in [0, 0.05) is 5.71 Å². The fourth-order valence-electron chi connectivity index (χ4n) is 1.36. The Bertz CT molecular complexity index is 182. The maximum absolute atomic E-state index is 7.45. The average Bonchev–Trinajstić information content (AvgIpc) is 1.88. The lowest BCUT2D eigenvalue weighted by Crippen LogP contribution is -2.02. The molecule has 1 aliphatic rings. The molecule has 0 aromatic heterocycles. The van der Waals surface area contributed by atoms with Crippen LogP contribution in [0.25, 0.3) is 0 Å². The van der Waals surface area contributed by atoms with Crippen molar-refractivity contribution in [3.8, 4) is 0 Å². The van der Waals surface area contributed by atoms with Crippen molar-refractivity contribution in [2.24, 2.45) is 0 Å². The Balaban J connectivity index is 2.78. The SMILES string of the molecule is CC(=N)C1=C(P)CCCC1. The molecular formula is C8H14NP. The van der Waals surface area contributed by atoms with Gasteiger partial charge in [-0.3, -0.25) is 0 Å². The average molecular weight is 155 g/mol. The third-order valence-corrected chi connectivity index (χ3v) is 2.60. The molecule has 56 valence electrons. The number of hydrogen-bond donors (Lipinski definition) is 1. The molecule has 0 saturated carbocycles. The van der Waals surface area contributed by atoms with Gasteiger partial charge in [0.2, 0.25) is 0 Å². The molecule has 2 heteroatoms. The maximum atomic E-state index is 7.45. The second-order valence-corrected chi connectivity index (χ2v) is 3.53. The Labute approximate surface area is 64.6 Å². The van der Waals surface area contributed by atoms with Crippen LogP contribution in [0.2, 0.25) is 0 Å². The van der Waals surface area contributed by atoms with Gasteiger partial charge in [0.25, 0.3) is 0 Å². The van der Waals surface area contributed by atoms with Crippen molar-refractivity contribution >= 4 is 15.0 Å². The van der Waals surface area contributed by atoms with Crippen molar-refractivity contribution in [2.75, 3.05) is 0 Å². The van der Waals surface area contributed by atoms with E-state index in [4.69, 9.17) is 5.41 Å². The molecule has 0 aromatic carbocycles. The first-order chi connectivity index (χ1) is 4.72. The Morgan fingerprint density at radius 1 is 1.40 bits per heavy atom. The van der Waals surface area contributed by atoms with Gasteiger partial charge >= 0.3 is 0 Å². The second kappa shape index (κ2) is 3.30. The summed E-state index contributed by atoms with van der Waals surface area (Å²) in [7, 11) is 2.75. The largest absolute Gasteiger partial charge is 0.305 e. The van der Waals surface area contributed by atoms with E-state index in [0.717, 1.165) is 12.1 Å². The molecule has 1 rings (SSSR count). The van der Waals surface area contributed by atoms with Crippen LogP contribution in [0.4, 0.5) is 0 Å². The molecule has 0 spiro atoms. The molecule has 1 aliphatic carbocycles. The van der Waals surface area contributed by atoms with Crippen molar-refractivity contribution in [1.82, 2.24) is 0 Å². The highest BCUT2D eigenvalue weighted by molar-refractivity contribution is 7.22. The maximum Gasteiger partial charge on any atom is 0.0317 e. The molecule has 0 bridgehead atoms. The molecule has 0 saturated heterocycles. The van der Waals surface area contributed by atoms with E-state index < -0.39 is 0 Å². The van der Waals surface area contributed by atoms with Crippen molar-refractivity contribution in [1.29, 1.82) is 5.41 Å². The van der Waals surface area contributed by atoms with Crippen LogP contribution >= 0.6 is 9.24 Å². The Hall–Kier alpha value is -0.160. The van der Waals surface area contributed by atoms with E-state index in [-0.39, 0.29) is 0 Å². The molecule has 1 atom stereocenters. The molecule has 0 radical (unpaired) electrons. The van der Waals surface area contributed by atoms with Gasteiger partial charge in [-0.1, -0.05) is 0 Å². The van der Waals surface area contributed by atoms with Gasteiger partial charge in [-0.25, -0.2) is 0 Å². The van der Waals surface area contributed by atoms with Gasteiger partial charge in [0.15, 0.2) is 0 Å². The summed E-state index contributed by atoms with van der Waals surface area (Å²) in [6.07, 6.45) is 4.86. The van der Waals surface area contributed by atoms with Crippen LogP contribution in [0.3, 0.4) is 0 Å². The third kappa shape index (κ3) is 1.67. The molecule has 0 aromatic rings. The van der Waals surface area contributed by atoms with Crippen LogP contribution in [0.15, 0.2) is 10.9 Å². The summed E-state index contributed by atoms with van der Waals surface area (Å²) < 4.78 is 0. The Morgan fingerprint density at radius 3 is 2.40 bits per heavy atom. The predicted octanol–water partition coefficient (Wildman–Crippen LogP) is 2.73. The van der Waals surface area contributed by atoms with Crippen LogP contribution in [0, 0.1) is 5.41 Å². The van der Waals surface area contributed by atoms with Crippen molar-refractivity contribution < 1.29 is 0 Å². The molecule has 1 nitrogen and oxygen atoms in total. The molecule has 10 heavy (non-hydrogen) atoms. The Morgan fingerprint density at radius 2 is 2.00 bits per heavy atom. The monoisotopic (exact) mass is 155 g/mol. The van der Waals surface area contributed by atoms with Crippen LogP contribution in [0.5, 0.6) is 0 Å². The quantitative estimate of drug-likeness (QED) is 0.444. The lowest BCUT2D eigenvalue weighted by atomic mass is 9.96. The topological polar surface area (TPSA) is 23.9 Å². The van der Waals surface area contributed by atoms with Gasteiger partial charge in [-0.2, -0.15) is 0 Å². The van der Waals surface area contributed by atoms with E-state index in [0.29, 0.717) is 0 Å². The van der Waals surface area contributed by atoms with Gasteiger partial charge in [0.05, 0.1) is 0 Å². The zero-order valence-corrected chi connectivity index (χ0v) is 7.56. The fraction of sp³-hybridized carbons (Fsp3) is 0.625. The molecule has 1 N–H and O–H groups in total. The summed E-state index contributed by atoms with van der Waals surface area (Å²) in [4.78, 5) is 0. The van der Waals surface area contributed by atoms with Crippen molar-refractivity contribution in [3.05, 3.63) is 10.9 Å². The van der Waals surface area contributed by atoms with Gasteiger partial charge in [-0.05, 0) is 43.5 Å². The number of allylic oxidation sites excluding steroid dienone is 2. The number of hydrogen-bond acceptors (Lipinski definition) is 1. The second-order valence-electron chi connectivity index (χ2n) is 2.84. The van der Waals surface area contributed by atoms with Crippen molar-refractivity contribution in [3.63, 3.8) is 0 Å². The smallest absolute Gasteiger partial charge is 0.0317 e. The minimum atomic E-state index is 0.754. The summed E-state index contributed by atoms with van der Waals surface area (Å²) in [6.45, 7) is 1.88. The van der Waals surface area contributed by atoms with Crippen LogP contribution in [-0.4, -0.2) is 5.71 Å². The molecular weight excluding hydrogens is 141 g/mol. The van der Waals surface area contributed by atoms with E-state index in [1.54, 1.807) is 0 Å². The highest BCUT2D eigenvalue weighted by atomic mass is 31.0.